The summed E-state index contributed by atoms with van der Waals surface area (Å²) in [6.45, 7) is 2.58. The van der Waals surface area contributed by atoms with Gasteiger partial charge in [0.05, 0.1) is 11.6 Å². The predicted octanol–water partition coefficient (Wildman–Crippen LogP) is 7.47. The van der Waals surface area contributed by atoms with E-state index < -0.39 is 5.97 Å². The zero-order chi connectivity index (χ0) is 25.1. The highest BCUT2D eigenvalue weighted by atomic mass is 35.5. The van der Waals surface area contributed by atoms with Crippen LogP contribution in [0.5, 0.6) is 11.5 Å². The monoisotopic (exact) mass is 517 g/mol. The summed E-state index contributed by atoms with van der Waals surface area (Å²) in [7, 11) is 0. The summed E-state index contributed by atoms with van der Waals surface area (Å²) < 4.78 is 17.2. The van der Waals surface area contributed by atoms with E-state index in [0.717, 1.165) is 21.9 Å². The maximum Gasteiger partial charge on any atom is 0.363 e. The van der Waals surface area contributed by atoms with E-state index in [0.29, 0.717) is 40.3 Å². The van der Waals surface area contributed by atoms with Crippen molar-refractivity contribution in [2.75, 3.05) is 6.61 Å². The molecule has 1 aliphatic heterocycles. The molecule has 0 saturated heterocycles. The number of cyclic esters (lactones) is 1. The molecule has 4 aromatic rings. The Kier molecular flexibility index (Phi) is 6.94. The van der Waals surface area contributed by atoms with Gasteiger partial charge in [-0.15, -0.1) is 0 Å². The Balaban J connectivity index is 1.42. The largest absolute Gasteiger partial charge is 0.490 e. The minimum Gasteiger partial charge on any atom is -0.490 e. The van der Waals surface area contributed by atoms with Gasteiger partial charge in [-0.25, -0.2) is 9.79 Å². The van der Waals surface area contributed by atoms with Crippen LogP contribution < -0.4 is 9.47 Å². The van der Waals surface area contributed by atoms with Gasteiger partial charge in [0.2, 0.25) is 5.90 Å². The third-order valence-corrected chi connectivity index (χ3v) is 6.08. The molecule has 5 nitrogen and oxygen atoms in total. The summed E-state index contributed by atoms with van der Waals surface area (Å²) in [6, 6.07) is 24.6. The molecule has 0 aliphatic carbocycles. The summed E-state index contributed by atoms with van der Waals surface area (Å²) >= 11 is 12.5. The average molecular weight is 518 g/mol. The number of aliphatic imine (C=N–C) groups is 1. The molecule has 0 fully saturated rings. The number of hydrogen-bond acceptors (Lipinski definition) is 5. The minimum absolute atomic E-state index is 0.173. The lowest BCUT2D eigenvalue weighted by Crippen LogP contribution is -2.05. The number of halogens is 2. The average Bonchev–Trinajstić information content (AvgIpc) is 3.24. The Labute approximate surface area is 218 Å². The number of carbonyl (C=O) groups excluding carboxylic acids is 1. The van der Waals surface area contributed by atoms with Crippen LogP contribution in [0.2, 0.25) is 10.0 Å². The van der Waals surface area contributed by atoms with E-state index >= 15 is 0 Å². The highest BCUT2D eigenvalue weighted by molar-refractivity contribution is 6.32. The number of hydrogen-bond donors (Lipinski definition) is 0. The third-order valence-electron chi connectivity index (χ3n) is 5.55. The molecule has 0 N–H and O–H groups in total. The van der Waals surface area contributed by atoms with Crippen LogP contribution in [0.3, 0.4) is 0 Å². The maximum absolute atomic E-state index is 12.6. The molecule has 1 aliphatic rings. The number of benzene rings is 4. The number of rotatable bonds is 7. The highest BCUT2D eigenvalue weighted by Crippen LogP contribution is 2.38. The van der Waals surface area contributed by atoms with E-state index in [4.69, 9.17) is 37.4 Å². The van der Waals surface area contributed by atoms with E-state index in [1.165, 1.54) is 0 Å². The number of fused-ring (bicyclic) bond motifs is 1. The molecule has 0 saturated carbocycles. The van der Waals surface area contributed by atoms with Crippen LogP contribution >= 0.6 is 23.2 Å². The normalized spacial score (nSPS) is 14.1. The van der Waals surface area contributed by atoms with Gasteiger partial charge in [-0.1, -0.05) is 65.7 Å². The van der Waals surface area contributed by atoms with Gasteiger partial charge in [-0.05, 0) is 71.3 Å². The molecule has 0 atom stereocenters. The van der Waals surface area contributed by atoms with Gasteiger partial charge in [0.1, 0.15) is 6.61 Å². The summed E-state index contributed by atoms with van der Waals surface area (Å²) in [4.78, 5) is 17.0. The topological polar surface area (TPSA) is 57.1 Å². The van der Waals surface area contributed by atoms with Gasteiger partial charge in [-0.3, -0.25) is 0 Å². The van der Waals surface area contributed by atoms with Crippen LogP contribution in [-0.4, -0.2) is 18.5 Å². The molecule has 0 spiro atoms. The van der Waals surface area contributed by atoms with Gasteiger partial charge in [0.25, 0.3) is 0 Å². The zero-order valence-electron chi connectivity index (χ0n) is 19.3. The summed E-state index contributed by atoms with van der Waals surface area (Å²) in [5.41, 5.74) is 2.47. The Bertz CT molecular complexity index is 1510. The number of nitrogens with zero attached hydrogens (tertiary/aromatic N) is 1. The molecule has 0 amide bonds. The third kappa shape index (κ3) is 5.23. The fourth-order valence-electron chi connectivity index (χ4n) is 3.82. The van der Waals surface area contributed by atoms with Crippen molar-refractivity contribution in [2.24, 2.45) is 4.99 Å². The van der Waals surface area contributed by atoms with Crippen molar-refractivity contribution in [3.63, 3.8) is 0 Å². The Morgan fingerprint density at radius 3 is 2.47 bits per heavy atom. The van der Waals surface area contributed by atoms with Crippen molar-refractivity contribution >= 4 is 51.9 Å². The first-order valence-corrected chi connectivity index (χ1v) is 12.1. The van der Waals surface area contributed by atoms with Crippen LogP contribution in [0.4, 0.5) is 0 Å². The molecular formula is C29H21Cl2NO4. The summed E-state index contributed by atoms with van der Waals surface area (Å²) in [6.07, 6.45) is 1.62. The summed E-state index contributed by atoms with van der Waals surface area (Å²) in [5.74, 6) is 0.618. The second-order valence-corrected chi connectivity index (χ2v) is 8.92. The van der Waals surface area contributed by atoms with Gasteiger partial charge in [-0.2, -0.15) is 0 Å². The number of carbonyl (C=O) groups is 1. The smallest absolute Gasteiger partial charge is 0.363 e. The standard InChI is InChI=1S/C29H21Cl2NO4/c1-2-34-26-15-19(13-24(31)27(26)35-17-18-7-11-23(30)12-8-18)14-25-29(33)36-28(32-25)22-10-9-20-5-3-4-6-21(20)16-22/h3-16H,2,17H2,1H3/b25-14+. The number of ether oxygens (including phenoxy) is 3. The van der Waals surface area contributed by atoms with Crippen LogP contribution in [0.15, 0.2) is 89.6 Å². The van der Waals surface area contributed by atoms with Gasteiger partial charge in [0, 0.05) is 10.6 Å². The summed E-state index contributed by atoms with van der Waals surface area (Å²) in [5, 5.41) is 3.14. The van der Waals surface area contributed by atoms with Gasteiger partial charge >= 0.3 is 5.97 Å². The second-order valence-electron chi connectivity index (χ2n) is 8.08. The van der Waals surface area contributed by atoms with Crippen molar-refractivity contribution in [3.8, 4) is 11.5 Å². The van der Waals surface area contributed by atoms with Crippen LogP contribution in [-0.2, 0) is 16.1 Å². The highest BCUT2D eigenvalue weighted by Gasteiger charge is 2.25. The van der Waals surface area contributed by atoms with Gasteiger partial charge in [0.15, 0.2) is 17.2 Å². The fraction of sp³-hybridized carbons (Fsp3) is 0.103. The Morgan fingerprint density at radius 1 is 0.917 bits per heavy atom. The van der Waals surface area contributed by atoms with Crippen molar-refractivity contribution in [1.82, 2.24) is 0 Å². The molecule has 180 valence electrons. The molecule has 0 radical (unpaired) electrons. The van der Waals surface area contributed by atoms with E-state index in [9.17, 15) is 4.79 Å². The van der Waals surface area contributed by atoms with E-state index in [2.05, 4.69) is 4.99 Å². The fourth-order valence-corrected chi connectivity index (χ4v) is 4.22. The quantitative estimate of drug-likeness (QED) is 0.188. The predicted molar refractivity (Wildman–Crippen MR) is 143 cm³/mol. The lowest BCUT2D eigenvalue weighted by molar-refractivity contribution is -0.129. The van der Waals surface area contributed by atoms with Crippen molar-refractivity contribution in [1.29, 1.82) is 0 Å². The van der Waals surface area contributed by atoms with Crippen LogP contribution in [0.1, 0.15) is 23.6 Å². The Hall–Kier alpha value is -3.80. The SMILES string of the molecule is CCOc1cc(/C=C2/N=C(c3ccc4ccccc4c3)OC2=O)cc(Cl)c1OCc1ccc(Cl)cc1. The van der Waals surface area contributed by atoms with Crippen molar-refractivity contribution < 1.29 is 19.0 Å². The van der Waals surface area contributed by atoms with E-state index in [1.807, 2.05) is 61.5 Å². The molecule has 0 aromatic heterocycles. The first-order valence-electron chi connectivity index (χ1n) is 11.4. The number of esters is 1. The molecule has 36 heavy (non-hydrogen) atoms. The second kappa shape index (κ2) is 10.4. The molecular weight excluding hydrogens is 497 g/mol. The van der Waals surface area contributed by atoms with E-state index in [1.54, 1.807) is 30.3 Å². The van der Waals surface area contributed by atoms with Crippen LogP contribution in [0.25, 0.3) is 16.8 Å². The first-order chi connectivity index (χ1) is 17.5. The zero-order valence-corrected chi connectivity index (χ0v) is 20.8. The lowest BCUT2D eigenvalue weighted by Gasteiger charge is -2.14. The first kappa shape index (κ1) is 23.9. The molecule has 0 bridgehead atoms. The molecule has 0 unspecified atom stereocenters. The maximum atomic E-state index is 12.6. The lowest BCUT2D eigenvalue weighted by atomic mass is 10.1. The van der Waals surface area contributed by atoms with Crippen molar-refractivity contribution in [2.45, 2.75) is 13.5 Å². The minimum atomic E-state index is -0.532. The molecule has 1 heterocycles. The molecule has 5 rings (SSSR count). The Morgan fingerprint density at radius 2 is 1.69 bits per heavy atom. The molecule has 7 heteroatoms. The van der Waals surface area contributed by atoms with Crippen LogP contribution in [0, 0.1) is 0 Å². The van der Waals surface area contributed by atoms with E-state index in [-0.39, 0.29) is 11.6 Å². The molecule has 4 aromatic carbocycles. The van der Waals surface area contributed by atoms with Gasteiger partial charge < -0.3 is 14.2 Å². The van der Waals surface area contributed by atoms with Crippen molar-refractivity contribution in [3.05, 3.63) is 111 Å².